The molecule has 2 aromatic heterocycles. The lowest BCUT2D eigenvalue weighted by Gasteiger charge is -2.36. The van der Waals surface area contributed by atoms with E-state index in [1.165, 1.54) is 47.6 Å². The van der Waals surface area contributed by atoms with Gasteiger partial charge in [0.1, 0.15) is 72.2 Å². The molecule has 742 valence electrons. The number of benzene rings is 3. The third kappa shape index (κ3) is 30.0. The number of primary amides is 1. The number of thioether (sulfide) groups is 1. The Bertz CT molecular complexity index is 5290. The van der Waals surface area contributed by atoms with Crippen molar-refractivity contribution < 1.29 is 116 Å². The molecule has 3 saturated heterocycles. The maximum absolute atomic E-state index is 15.8. The van der Waals surface area contributed by atoms with E-state index in [4.69, 9.17) is 16.2 Å². The predicted molar refractivity (Wildman–Crippen MR) is 501 cm³/mol. The number of amides is 14. The number of ether oxygens (including phenoxy) is 1. The minimum absolute atomic E-state index is 0.0211. The molecule has 42 nitrogen and oxygen atoms in total. The number of nitrogens with two attached hydrogens (primary N) is 2. The van der Waals surface area contributed by atoms with Crippen LogP contribution >= 0.6 is 11.8 Å². The lowest BCUT2D eigenvalue weighted by atomic mass is 9.91. The Balaban J connectivity index is 1.11. The number of methoxy groups -OCH3 is 1. The maximum Gasteiger partial charge on any atom is 0.305 e. The second kappa shape index (κ2) is 51.5. The molecular formula is C94H126N18O24S. The molecule has 43 heteroatoms. The minimum Gasteiger partial charge on any atom is -0.497 e. The molecule has 3 fully saturated rings. The highest BCUT2D eigenvalue weighted by atomic mass is 32.2. The standard InChI is InChI=1S/C94H126N18O24S/c1-8-10-21-72-87(128)101-64(28-32-80(118)119)85(126)107-71(76(114)30-31-78(96)116)50-137-51-79(117)100-68(39-53-24-26-59(136-7)27-25-53)90(131)108(4)52(3)83(124)105-70(45-82(122)123)93(134)111-38-16-23-73(111)88(129)104-67(40-54-35-37-97-46-54)86(127)102-65(29-33-81(120)121)92(133)112-49-58(113)44-75(112)89(130)103-66(41-56-47-98-62-19-14-12-17-60(56)62)77(115)43-55(34-36-95)84(125)106-69(42-57-48-99-63-20-15-13-18-61(57)63)91(132)110(6)74(22-11-9-2)94(135)109(72)5/h12-15,17-20,24-27,37,46-48,52,55,58,64-75,98-99,113H,8-11,16,21-23,28-36,38-45,49-51,95H2,1-7H3,(H2,96,116)(H,100,117)(H,101,128)(H,102,127)(H,103,130)(H,104,129)(H,105,124)(H,106,125)(H,107,126)(H,118,119)(H,120,121)(H,122,123)/t52-,55+,58+,64-,65-,66-,67-,68-,69-,70-,71-,72-,73-,74-,75-/m0/s1. The molecule has 0 radical (unpaired) electrons. The summed E-state index contributed by atoms with van der Waals surface area (Å²) < 4.78 is 5.33. The van der Waals surface area contributed by atoms with Gasteiger partial charge in [-0.25, -0.2) is 0 Å². The summed E-state index contributed by atoms with van der Waals surface area (Å²) in [5.74, 6) is -21.5. The number of ketones is 2. The van der Waals surface area contributed by atoms with Crippen LogP contribution in [0.2, 0.25) is 0 Å². The Kier molecular flexibility index (Phi) is 40.3. The number of aliphatic hydroxyl groups excluding tert-OH is 1. The number of H-pyrrole nitrogens is 2. The van der Waals surface area contributed by atoms with Gasteiger partial charge in [0.25, 0.3) is 0 Å². The van der Waals surface area contributed by atoms with Crippen molar-refractivity contribution in [2.45, 2.75) is 253 Å². The number of aromatic nitrogens is 2. The normalized spacial score (nSPS) is 25.0. The Hall–Kier alpha value is -13.5. The van der Waals surface area contributed by atoms with Gasteiger partial charge >= 0.3 is 17.9 Å². The van der Waals surface area contributed by atoms with Gasteiger partial charge in [-0.1, -0.05) is 88.1 Å². The SMILES string of the molecule is CCCC[C@H]1C(=O)N(C)[C@@H](CCCC)C(=O)N[C@@H](CCC(=O)O)C(=O)N[C@H](C(=O)CCC(N)=O)CSCC(=O)N[C@@H](Cc2ccc(OC)cc2)C(=O)N(C)[C@@H](C)C(=O)N[C@@H](CC(=O)O)C(=O)N2CCC[C@H]2C(=O)N[C@@H](CC2=CN=CC2)C(=O)N[C@@H](CCC(=O)O)C(=O)N2C[C@H](O)C[C@H]2C(=O)N[C@@H](Cc2c[nH]c3ccccc23)C(=O)C[C@@H](CCN)C(=O)N[C@@H](Cc2c[nH]c3ccccc23)C(=O)N1C. The van der Waals surface area contributed by atoms with Gasteiger partial charge in [0, 0.05) is 157 Å². The number of carbonyl (C=O) groups is 19. The summed E-state index contributed by atoms with van der Waals surface area (Å²) in [7, 11) is 5.27. The second-order valence-electron chi connectivity index (χ2n) is 35.0. The van der Waals surface area contributed by atoms with E-state index in [-0.39, 0.29) is 83.7 Å². The number of Topliss-reactive ketones (excluding diaryl/α,β-unsaturated/α-hetero) is 2. The van der Waals surface area contributed by atoms with Gasteiger partial charge in [-0.05, 0) is 111 Å². The van der Waals surface area contributed by atoms with Crippen molar-refractivity contribution in [2.24, 2.45) is 22.4 Å². The van der Waals surface area contributed by atoms with E-state index < -0.39 is 279 Å². The fourth-order valence-electron chi connectivity index (χ4n) is 17.3. The van der Waals surface area contributed by atoms with Gasteiger partial charge in [0.05, 0.1) is 37.5 Å². The van der Waals surface area contributed by atoms with Crippen LogP contribution in [0.4, 0.5) is 0 Å². The Morgan fingerprint density at radius 1 is 0.533 bits per heavy atom. The molecular weight excluding hydrogens is 1800 g/mol. The van der Waals surface area contributed by atoms with Crippen LogP contribution < -0.4 is 58.7 Å². The summed E-state index contributed by atoms with van der Waals surface area (Å²) in [6, 6.07) is -0.478. The van der Waals surface area contributed by atoms with E-state index in [1.54, 1.807) is 92.1 Å². The number of carbonyl (C=O) groups excluding carboxylic acids is 16. The summed E-state index contributed by atoms with van der Waals surface area (Å²) in [6.45, 7) is 3.90. The summed E-state index contributed by atoms with van der Waals surface area (Å²) in [4.78, 5) is 291. The molecule has 3 aromatic carbocycles. The average Bonchev–Trinajstić information content (AvgIpc) is 1.71. The molecule has 9 rings (SSSR count). The molecule has 4 aliphatic heterocycles. The van der Waals surface area contributed by atoms with Crippen LogP contribution in [0.1, 0.15) is 166 Å². The molecule has 0 aliphatic carbocycles. The highest BCUT2D eigenvalue weighted by Gasteiger charge is 2.47. The van der Waals surface area contributed by atoms with Crippen LogP contribution in [0.3, 0.4) is 0 Å². The number of unbranched alkanes of at least 4 members (excludes halogenated alkanes) is 2. The number of nitrogens with one attached hydrogen (secondary N) is 10. The molecule has 137 heavy (non-hydrogen) atoms. The number of rotatable bonds is 29. The molecule has 0 bridgehead atoms. The van der Waals surface area contributed by atoms with Gasteiger partial charge < -0.3 is 114 Å². The number of likely N-dealkylation sites (N-methyl/N-ethyl adjacent to an activating group) is 3. The highest BCUT2D eigenvalue weighted by Crippen LogP contribution is 2.30. The number of carboxylic acids is 3. The first-order valence-corrected chi connectivity index (χ1v) is 47.2. The molecule has 0 unspecified atom stereocenters. The first kappa shape index (κ1) is 107. The number of aliphatic hydroxyl groups is 1. The van der Waals surface area contributed by atoms with Gasteiger partial charge in [0.2, 0.25) is 82.7 Å². The van der Waals surface area contributed by atoms with E-state index >= 15 is 38.4 Å². The van der Waals surface area contributed by atoms with Crippen molar-refractivity contribution in [1.29, 1.82) is 0 Å². The first-order chi connectivity index (χ1) is 65.3. The number of aliphatic carboxylic acids is 3. The third-order valence-electron chi connectivity index (χ3n) is 25.2. The molecule has 6 heterocycles. The van der Waals surface area contributed by atoms with E-state index in [9.17, 15) is 73.2 Å². The Morgan fingerprint density at radius 2 is 1.08 bits per heavy atom. The lowest BCUT2D eigenvalue weighted by molar-refractivity contribution is -0.149. The molecule has 14 amide bonds. The topological polar surface area (TPSA) is 623 Å². The number of carboxylic acid groups (broad SMARTS) is 3. The van der Waals surface area contributed by atoms with Crippen molar-refractivity contribution in [3.05, 3.63) is 114 Å². The number of aromatic amines is 2. The van der Waals surface area contributed by atoms with Crippen LogP contribution in [0.5, 0.6) is 5.75 Å². The zero-order chi connectivity index (χ0) is 100. The number of fused-ring (bicyclic) bond motifs is 4. The summed E-state index contributed by atoms with van der Waals surface area (Å²) in [6.07, 6.45) is -0.892. The van der Waals surface area contributed by atoms with Crippen molar-refractivity contribution in [2.75, 3.05) is 59.4 Å². The Morgan fingerprint density at radius 3 is 1.68 bits per heavy atom. The minimum atomic E-state index is -1.93. The molecule has 0 spiro atoms. The molecule has 5 aromatic rings. The summed E-state index contributed by atoms with van der Waals surface area (Å²) in [5, 5.41) is 64.4. The van der Waals surface area contributed by atoms with Gasteiger partial charge in [0.15, 0.2) is 11.6 Å². The summed E-state index contributed by atoms with van der Waals surface area (Å²) in [5.41, 5.74) is 15.0. The van der Waals surface area contributed by atoms with Gasteiger partial charge in [-0.3, -0.25) is 96.1 Å². The van der Waals surface area contributed by atoms with Crippen LogP contribution in [-0.2, 0) is 110 Å². The smallest absolute Gasteiger partial charge is 0.305 e. The lowest BCUT2D eigenvalue weighted by Crippen LogP contribution is -2.60. The molecule has 0 saturated carbocycles. The van der Waals surface area contributed by atoms with Crippen molar-refractivity contribution in [1.82, 2.24) is 77.0 Å². The van der Waals surface area contributed by atoms with Crippen LogP contribution in [-0.4, -0.2) is 317 Å². The fourth-order valence-corrected chi connectivity index (χ4v) is 18.2. The van der Waals surface area contributed by atoms with Crippen molar-refractivity contribution in [3.8, 4) is 5.75 Å². The van der Waals surface area contributed by atoms with E-state index in [1.807, 2.05) is 6.92 Å². The van der Waals surface area contributed by atoms with E-state index in [2.05, 4.69) is 57.5 Å². The zero-order valence-electron chi connectivity index (χ0n) is 77.9. The fraction of sp³-hybridized carbons (Fsp3) is 0.532. The van der Waals surface area contributed by atoms with E-state index in [0.29, 0.717) is 69.1 Å². The molecule has 15 atom stereocenters. The monoisotopic (exact) mass is 1920 g/mol. The zero-order valence-corrected chi connectivity index (χ0v) is 78.7. The van der Waals surface area contributed by atoms with Crippen molar-refractivity contribution >= 4 is 152 Å². The van der Waals surface area contributed by atoms with Crippen molar-refractivity contribution in [3.63, 3.8) is 0 Å². The largest absolute Gasteiger partial charge is 0.497 e. The quantitative estimate of drug-likeness (QED) is 0.0316. The Labute approximate surface area is 795 Å². The third-order valence-corrected chi connectivity index (χ3v) is 26.2. The van der Waals surface area contributed by atoms with E-state index in [0.717, 1.165) is 36.3 Å². The molecule has 4 aliphatic rings. The maximum atomic E-state index is 15.8. The van der Waals surface area contributed by atoms with Gasteiger partial charge in [-0.15, -0.1) is 11.8 Å². The van der Waals surface area contributed by atoms with Crippen LogP contribution in [0.25, 0.3) is 21.8 Å². The number of hydrogen-bond donors (Lipinski definition) is 16. The average molecular weight is 1920 g/mol. The summed E-state index contributed by atoms with van der Waals surface area (Å²) >= 11 is 0.752. The first-order valence-electron chi connectivity index (χ1n) is 46.0. The number of para-hydroxylation sites is 2. The van der Waals surface area contributed by atoms with Crippen LogP contribution in [0.15, 0.2) is 102 Å². The second-order valence-corrected chi connectivity index (χ2v) is 36.1. The van der Waals surface area contributed by atoms with Gasteiger partial charge in [-0.2, -0.15) is 0 Å². The predicted octanol–water partition coefficient (Wildman–Crippen LogP) is 0.857. The van der Waals surface area contributed by atoms with Crippen LogP contribution in [0, 0.1) is 5.92 Å². The number of hydrogen-bond acceptors (Lipinski definition) is 24. The molecule has 18 N–H and O–H groups in total. The number of nitrogens with zero attached hydrogens (tertiary/aromatic N) is 6. The number of aliphatic imine (C=N–C) groups is 1. The highest BCUT2D eigenvalue weighted by molar-refractivity contribution is 8.00.